The average Bonchev–Trinajstić information content (AvgIpc) is 2.84. The molecule has 0 aliphatic carbocycles. The molecule has 0 unspecified atom stereocenters. The smallest absolute Gasteiger partial charge is 0.220 e. The summed E-state index contributed by atoms with van der Waals surface area (Å²) in [6.07, 6.45) is 1.21. The minimum atomic E-state index is -3.98. The van der Waals surface area contributed by atoms with Crippen LogP contribution in [-0.4, -0.2) is 47.3 Å². The number of nitrogens with zero attached hydrogens (tertiary/aromatic N) is 3. The maximum Gasteiger partial charge on any atom is 0.220 e. The Morgan fingerprint density at radius 3 is 1.73 bits per heavy atom. The van der Waals surface area contributed by atoms with Gasteiger partial charge in [-0.05, 0) is 42.3 Å². The summed E-state index contributed by atoms with van der Waals surface area (Å²) in [6.45, 7) is 1.65. The van der Waals surface area contributed by atoms with Crippen LogP contribution in [-0.2, 0) is 23.1 Å². The van der Waals surface area contributed by atoms with E-state index in [1.807, 2.05) is 0 Å². The van der Waals surface area contributed by atoms with Crippen molar-refractivity contribution in [2.75, 3.05) is 14.2 Å². The number of rotatable bonds is 10. The molecule has 0 bridgehead atoms. The van der Waals surface area contributed by atoms with Crippen LogP contribution >= 0.6 is 11.6 Å². The zero-order chi connectivity index (χ0) is 24.0. The lowest BCUT2D eigenvalue weighted by molar-refractivity contribution is 0.162. The van der Waals surface area contributed by atoms with E-state index in [1.54, 1.807) is 62.8 Å². The minimum Gasteiger partial charge on any atom is -0.497 e. The fourth-order valence-electron chi connectivity index (χ4n) is 3.19. The highest BCUT2D eigenvalue weighted by molar-refractivity contribution is 7.89. The average molecular weight is 492 g/mol. The van der Waals surface area contributed by atoms with Crippen molar-refractivity contribution in [1.29, 1.82) is 0 Å². The monoisotopic (exact) mass is 491 g/mol. The number of hydrogen-bond acceptors (Lipinski definition) is 7. The van der Waals surface area contributed by atoms with Gasteiger partial charge < -0.3 is 14.6 Å². The molecule has 0 aliphatic heterocycles. The van der Waals surface area contributed by atoms with E-state index >= 15 is 0 Å². The first-order valence-corrected chi connectivity index (χ1v) is 12.0. The standard InChI is InChI=1S/C23H26ClN3O5S/c1-16(22(28)23-25-12-19(24)13-26-23)33(29,30)27(14-17-4-8-20(31-2)9-5-17)15-18-6-10-21(32-3)11-7-18/h4-13,16,22,28H,14-15H2,1-3H3/t16-,22-/m1/s1. The Morgan fingerprint density at radius 2 is 1.33 bits per heavy atom. The maximum atomic E-state index is 13.6. The van der Waals surface area contributed by atoms with Gasteiger partial charge in [-0.2, -0.15) is 4.31 Å². The number of methoxy groups -OCH3 is 2. The van der Waals surface area contributed by atoms with E-state index < -0.39 is 21.4 Å². The molecule has 3 rings (SSSR count). The summed E-state index contributed by atoms with van der Waals surface area (Å²) < 4.78 is 38.9. The van der Waals surface area contributed by atoms with E-state index in [1.165, 1.54) is 23.6 Å². The molecule has 0 saturated carbocycles. The normalized spacial score (nSPS) is 13.5. The second-order valence-corrected chi connectivity index (χ2v) is 10.1. The molecule has 0 fully saturated rings. The Kier molecular flexibility index (Phi) is 8.25. The molecule has 33 heavy (non-hydrogen) atoms. The SMILES string of the molecule is COc1ccc(CN(Cc2ccc(OC)cc2)S(=O)(=O)[C@H](C)[C@@H](O)c2ncc(Cl)cn2)cc1. The van der Waals surface area contributed by atoms with Crippen LogP contribution in [0.1, 0.15) is 30.0 Å². The van der Waals surface area contributed by atoms with Gasteiger partial charge in [-0.1, -0.05) is 35.9 Å². The van der Waals surface area contributed by atoms with E-state index in [0.29, 0.717) is 16.5 Å². The number of aliphatic hydroxyl groups is 1. The Hall–Kier alpha value is -2.72. The van der Waals surface area contributed by atoms with Crippen molar-refractivity contribution in [3.63, 3.8) is 0 Å². The van der Waals surface area contributed by atoms with Gasteiger partial charge in [0.2, 0.25) is 10.0 Å². The third kappa shape index (κ3) is 6.20. The van der Waals surface area contributed by atoms with Gasteiger partial charge >= 0.3 is 0 Å². The molecule has 0 radical (unpaired) electrons. The molecule has 2 aromatic carbocycles. The summed E-state index contributed by atoms with van der Waals surface area (Å²) in [5.74, 6) is 1.34. The van der Waals surface area contributed by atoms with Crippen molar-refractivity contribution >= 4 is 21.6 Å². The Morgan fingerprint density at radius 1 is 0.909 bits per heavy atom. The molecule has 1 aromatic heterocycles. The Bertz CT molecular complexity index is 1090. The van der Waals surface area contributed by atoms with Gasteiger partial charge in [0.15, 0.2) is 5.82 Å². The van der Waals surface area contributed by atoms with Gasteiger partial charge in [0, 0.05) is 25.5 Å². The van der Waals surface area contributed by atoms with Crippen LogP contribution in [0.4, 0.5) is 0 Å². The molecule has 176 valence electrons. The predicted octanol–water partition coefficient (Wildman–Crippen LogP) is 3.60. The number of sulfonamides is 1. The number of ether oxygens (including phenoxy) is 2. The first kappa shape index (κ1) is 24.9. The number of aromatic nitrogens is 2. The van der Waals surface area contributed by atoms with Crippen LogP contribution in [0.3, 0.4) is 0 Å². The zero-order valence-corrected chi connectivity index (χ0v) is 20.1. The van der Waals surface area contributed by atoms with E-state index in [-0.39, 0.29) is 18.9 Å². The van der Waals surface area contributed by atoms with Gasteiger partial charge in [0.25, 0.3) is 0 Å². The second-order valence-electron chi connectivity index (χ2n) is 7.42. The van der Waals surface area contributed by atoms with Gasteiger partial charge in [0.05, 0.1) is 19.2 Å². The second kappa shape index (κ2) is 10.9. The first-order chi connectivity index (χ1) is 15.7. The van der Waals surface area contributed by atoms with Crippen molar-refractivity contribution in [2.24, 2.45) is 0 Å². The highest BCUT2D eigenvalue weighted by atomic mass is 35.5. The summed E-state index contributed by atoms with van der Waals surface area (Å²) in [7, 11) is -0.845. The highest BCUT2D eigenvalue weighted by Crippen LogP contribution is 2.26. The quantitative estimate of drug-likeness (QED) is 0.462. The predicted molar refractivity (Wildman–Crippen MR) is 126 cm³/mol. The lowest BCUT2D eigenvalue weighted by Crippen LogP contribution is -2.40. The third-order valence-corrected chi connectivity index (χ3v) is 7.59. The molecule has 1 heterocycles. The highest BCUT2D eigenvalue weighted by Gasteiger charge is 2.36. The van der Waals surface area contributed by atoms with Gasteiger partial charge in [-0.3, -0.25) is 0 Å². The molecule has 10 heteroatoms. The Balaban J connectivity index is 1.91. The summed E-state index contributed by atoms with van der Waals surface area (Å²) in [6, 6.07) is 14.3. The molecule has 3 aromatic rings. The molecule has 8 nitrogen and oxygen atoms in total. The zero-order valence-electron chi connectivity index (χ0n) is 18.6. The Labute approximate surface area is 198 Å². The number of aliphatic hydroxyl groups excluding tert-OH is 1. The van der Waals surface area contributed by atoms with Crippen LogP contribution < -0.4 is 9.47 Å². The number of halogens is 1. The topological polar surface area (TPSA) is 102 Å². The van der Waals surface area contributed by atoms with Crippen LogP contribution in [0, 0.1) is 0 Å². The van der Waals surface area contributed by atoms with Gasteiger partial charge in [0.1, 0.15) is 22.9 Å². The van der Waals surface area contributed by atoms with E-state index in [4.69, 9.17) is 21.1 Å². The molecule has 0 saturated heterocycles. The van der Waals surface area contributed by atoms with Crippen molar-refractivity contribution in [3.8, 4) is 11.5 Å². The molecule has 2 atom stereocenters. The lowest BCUT2D eigenvalue weighted by atomic mass is 10.2. The summed E-state index contributed by atoms with van der Waals surface area (Å²) in [5.41, 5.74) is 1.55. The largest absolute Gasteiger partial charge is 0.497 e. The van der Waals surface area contributed by atoms with Crippen LogP contribution in [0.5, 0.6) is 11.5 Å². The van der Waals surface area contributed by atoms with Crippen molar-refractivity contribution in [2.45, 2.75) is 31.4 Å². The molecule has 1 N–H and O–H groups in total. The third-order valence-electron chi connectivity index (χ3n) is 5.22. The van der Waals surface area contributed by atoms with Crippen molar-refractivity contribution in [3.05, 3.63) is 82.9 Å². The number of benzene rings is 2. The lowest BCUT2D eigenvalue weighted by Gasteiger charge is -2.28. The van der Waals surface area contributed by atoms with Gasteiger partial charge in [-0.25, -0.2) is 18.4 Å². The van der Waals surface area contributed by atoms with E-state index in [9.17, 15) is 13.5 Å². The van der Waals surface area contributed by atoms with Crippen molar-refractivity contribution < 1.29 is 23.0 Å². The van der Waals surface area contributed by atoms with E-state index in [0.717, 1.165) is 11.1 Å². The van der Waals surface area contributed by atoms with Crippen LogP contribution in [0.25, 0.3) is 0 Å². The molecular formula is C23H26ClN3O5S. The van der Waals surface area contributed by atoms with Crippen molar-refractivity contribution in [1.82, 2.24) is 14.3 Å². The van der Waals surface area contributed by atoms with Crippen LogP contribution in [0.2, 0.25) is 5.02 Å². The van der Waals surface area contributed by atoms with Crippen LogP contribution in [0.15, 0.2) is 60.9 Å². The molecule has 0 aliphatic rings. The fourth-order valence-corrected chi connectivity index (χ4v) is 4.86. The summed E-state index contributed by atoms with van der Waals surface area (Å²) in [5, 5.41) is 9.82. The first-order valence-electron chi connectivity index (χ1n) is 10.1. The molecule has 0 amide bonds. The molecule has 0 spiro atoms. The maximum absolute atomic E-state index is 13.6. The fraction of sp³-hybridized carbons (Fsp3) is 0.304. The van der Waals surface area contributed by atoms with E-state index in [2.05, 4.69) is 9.97 Å². The summed E-state index contributed by atoms with van der Waals surface area (Å²) >= 11 is 5.81. The number of hydrogen-bond donors (Lipinski definition) is 1. The van der Waals surface area contributed by atoms with Gasteiger partial charge in [-0.15, -0.1) is 0 Å². The minimum absolute atomic E-state index is 0.00989. The summed E-state index contributed by atoms with van der Waals surface area (Å²) in [4.78, 5) is 7.95. The molecular weight excluding hydrogens is 466 g/mol.